The molecule has 0 atom stereocenters. The molecule has 0 amide bonds. The van der Waals surface area contributed by atoms with E-state index in [0.29, 0.717) is 19.8 Å². The van der Waals surface area contributed by atoms with Crippen LogP contribution in [0, 0.1) is 0 Å². The average molecular weight is 144 g/mol. The van der Waals surface area contributed by atoms with Crippen molar-refractivity contribution >= 4 is 29.6 Å². The first kappa shape index (κ1) is 12.5. The van der Waals surface area contributed by atoms with Crippen molar-refractivity contribution < 1.29 is 14.6 Å². The maximum atomic E-state index is 8.20. The van der Waals surface area contributed by atoms with Crippen molar-refractivity contribution in [3.63, 3.8) is 0 Å². The summed E-state index contributed by atoms with van der Waals surface area (Å²) in [6.45, 7) is 1.66. The van der Waals surface area contributed by atoms with Crippen molar-refractivity contribution in [2.45, 2.75) is 0 Å². The molecule has 52 valence electrons. The van der Waals surface area contributed by atoms with Gasteiger partial charge in [0.05, 0.1) is 26.4 Å². The van der Waals surface area contributed by atoms with Crippen LogP contribution in [0.15, 0.2) is 0 Å². The second kappa shape index (κ2) is 11.6. The summed E-state index contributed by atoms with van der Waals surface area (Å²) >= 11 is 0. The molecule has 0 aliphatic rings. The SMILES string of the molecule is COCCOCCO.[NaH]. The van der Waals surface area contributed by atoms with Crippen LogP contribution in [0.1, 0.15) is 0 Å². The van der Waals surface area contributed by atoms with Crippen LogP contribution in [0.3, 0.4) is 0 Å². The van der Waals surface area contributed by atoms with E-state index in [2.05, 4.69) is 4.74 Å². The van der Waals surface area contributed by atoms with E-state index >= 15 is 0 Å². The second-order valence-corrected chi connectivity index (χ2v) is 1.33. The van der Waals surface area contributed by atoms with Crippen molar-refractivity contribution in [1.82, 2.24) is 0 Å². The summed E-state index contributed by atoms with van der Waals surface area (Å²) in [5.41, 5.74) is 0. The van der Waals surface area contributed by atoms with Crippen LogP contribution in [0.5, 0.6) is 0 Å². The van der Waals surface area contributed by atoms with Gasteiger partial charge in [-0.2, -0.15) is 0 Å². The number of aliphatic hydroxyl groups excluding tert-OH is 1. The minimum absolute atomic E-state index is 0. The Morgan fingerprint density at radius 3 is 2.33 bits per heavy atom. The van der Waals surface area contributed by atoms with Crippen LogP contribution in [-0.2, 0) is 9.47 Å². The van der Waals surface area contributed by atoms with E-state index < -0.39 is 0 Å². The van der Waals surface area contributed by atoms with Gasteiger partial charge in [0.2, 0.25) is 0 Å². The second-order valence-electron chi connectivity index (χ2n) is 1.33. The normalized spacial score (nSPS) is 8.67. The van der Waals surface area contributed by atoms with Crippen LogP contribution < -0.4 is 0 Å². The van der Waals surface area contributed by atoms with Gasteiger partial charge < -0.3 is 14.6 Å². The first-order valence-corrected chi connectivity index (χ1v) is 2.59. The van der Waals surface area contributed by atoms with E-state index in [9.17, 15) is 0 Å². The molecule has 3 nitrogen and oxygen atoms in total. The molecular weight excluding hydrogens is 131 g/mol. The van der Waals surface area contributed by atoms with E-state index in [4.69, 9.17) is 9.84 Å². The summed E-state index contributed by atoms with van der Waals surface area (Å²) in [6, 6.07) is 0. The number of hydrogen-bond acceptors (Lipinski definition) is 3. The zero-order valence-corrected chi connectivity index (χ0v) is 5.09. The fourth-order valence-electron chi connectivity index (χ4n) is 0.309. The molecule has 0 spiro atoms. The Labute approximate surface area is 77.6 Å². The van der Waals surface area contributed by atoms with E-state index in [0.717, 1.165) is 0 Å². The van der Waals surface area contributed by atoms with E-state index in [1.54, 1.807) is 7.11 Å². The first-order chi connectivity index (χ1) is 3.91. The van der Waals surface area contributed by atoms with Gasteiger partial charge in [-0.25, -0.2) is 0 Å². The number of hydrogen-bond donors (Lipinski definition) is 1. The molecule has 0 radical (unpaired) electrons. The molecule has 0 fully saturated rings. The van der Waals surface area contributed by atoms with Crippen molar-refractivity contribution in [3.8, 4) is 0 Å². The third-order valence-corrected chi connectivity index (χ3v) is 0.667. The molecule has 1 N–H and O–H groups in total. The number of methoxy groups -OCH3 is 1. The molecule has 0 saturated carbocycles. The number of aliphatic hydroxyl groups is 1. The monoisotopic (exact) mass is 144 g/mol. The molecule has 0 aliphatic carbocycles. The van der Waals surface area contributed by atoms with Gasteiger partial charge in [0, 0.05) is 7.11 Å². The third-order valence-electron chi connectivity index (χ3n) is 0.667. The Kier molecular flexibility index (Phi) is 16.2. The Balaban J connectivity index is 0. The van der Waals surface area contributed by atoms with Gasteiger partial charge in [-0.3, -0.25) is 0 Å². The fourth-order valence-corrected chi connectivity index (χ4v) is 0.309. The molecule has 4 heteroatoms. The predicted molar refractivity (Wildman–Crippen MR) is 36.9 cm³/mol. The van der Waals surface area contributed by atoms with Crippen molar-refractivity contribution in [2.24, 2.45) is 0 Å². The summed E-state index contributed by atoms with van der Waals surface area (Å²) in [4.78, 5) is 0. The average Bonchev–Trinajstić information content (AvgIpc) is 1.81. The summed E-state index contributed by atoms with van der Waals surface area (Å²) < 4.78 is 9.53. The molecule has 0 aliphatic heterocycles. The zero-order chi connectivity index (χ0) is 6.24. The van der Waals surface area contributed by atoms with Crippen LogP contribution in [0.4, 0.5) is 0 Å². The zero-order valence-electron chi connectivity index (χ0n) is 5.09. The van der Waals surface area contributed by atoms with Crippen molar-refractivity contribution in [1.29, 1.82) is 0 Å². The molecule has 0 bridgehead atoms. The van der Waals surface area contributed by atoms with Gasteiger partial charge in [0.15, 0.2) is 0 Å². The van der Waals surface area contributed by atoms with Crippen molar-refractivity contribution in [3.05, 3.63) is 0 Å². The van der Waals surface area contributed by atoms with Gasteiger partial charge in [-0.15, -0.1) is 0 Å². The first-order valence-electron chi connectivity index (χ1n) is 2.59. The molecule has 0 aromatic heterocycles. The van der Waals surface area contributed by atoms with E-state index in [1.165, 1.54) is 0 Å². The Bertz CT molecular complexity index is 37.2. The summed E-state index contributed by atoms with van der Waals surface area (Å²) in [5, 5.41) is 8.20. The van der Waals surface area contributed by atoms with E-state index in [1.807, 2.05) is 0 Å². The summed E-state index contributed by atoms with van der Waals surface area (Å²) in [5.74, 6) is 0. The Hall–Kier alpha value is 0.880. The van der Waals surface area contributed by atoms with Gasteiger partial charge in [-0.1, -0.05) is 0 Å². The molecule has 0 unspecified atom stereocenters. The molecule has 0 heterocycles. The quantitative estimate of drug-likeness (QED) is 0.397. The summed E-state index contributed by atoms with van der Waals surface area (Å²) in [6.07, 6.45) is 0. The number of ether oxygens (including phenoxy) is 2. The predicted octanol–water partition coefficient (Wildman–Crippen LogP) is -1.01. The summed E-state index contributed by atoms with van der Waals surface area (Å²) in [7, 11) is 1.61. The molecule has 0 rings (SSSR count). The van der Waals surface area contributed by atoms with Gasteiger partial charge >= 0.3 is 29.6 Å². The fraction of sp³-hybridized carbons (Fsp3) is 1.00. The standard InChI is InChI=1S/C5H12O3.Na.H/c1-7-4-5-8-3-2-6;;/h6H,2-5H2,1H3;;. The molecule has 0 aromatic carbocycles. The molecular formula is C5H13NaO3. The molecule has 0 saturated heterocycles. The van der Waals surface area contributed by atoms with Crippen LogP contribution in [0.2, 0.25) is 0 Å². The maximum absolute atomic E-state index is 8.20. The third kappa shape index (κ3) is 12.2. The van der Waals surface area contributed by atoms with Crippen LogP contribution in [0.25, 0.3) is 0 Å². The van der Waals surface area contributed by atoms with Gasteiger partial charge in [0.1, 0.15) is 0 Å². The Morgan fingerprint density at radius 2 is 1.89 bits per heavy atom. The van der Waals surface area contributed by atoms with E-state index in [-0.39, 0.29) is 36.2 Å². The molecule has 0 aromatic rings. The van der Waals surface area contributed by atoms with Crippen molar-refractivity contribution in [2.75, 3.05) is 33.5 Å². The number of rotatable bonds is 5. The Morgan fingerprint density at radius 1 is 1.22 bits per heavy atom. The van der Waals surface area contributed by atoms with Crippen LogP contribution in [-0.4, -0.2) is 68.2 Å². The topological polar surface area (TPSA) is 38.7 Å². The molecule has 9 heavy (non-hydrogen) atoms. The van der Waals surface area contributed by atoms with Gasteiger partial charge in [-0.05, 0) is 0 Å². The minimum atomic E-state index is 0. The van der Waals surface area contributed by atoms with Crippen LogP contribution >= 0.6 is 0 Å². The van der Waals surface area contributed by atoms with Gasteiger partial charge in [0.25, 0.3) is 0 Å².